The lowest BCUT2D eigenvalue weighted by Crippen LogP contribution is -1.97. The second kappa shape index (κ2) is 15.4. The standard InChI is InChI=1S/C55H37N3/c1-4-15-38(16-5-1)41-23-12-26-45(29-41)53-36-54(58-55(57-53)47-28-14-25-44(31-47)52-35-43-21-10-11-22-48(43)37-56-52)46-27-13-24-42(30-46)51-33-49(39-17-6-2-7-18-39)32-50(34-51)40-19-8-3-9-20-40/h1-37H. The van der Waals surface area contributed by atoms with Crippen LogP contribution in [0.15, 0.2) is 225 Å². The van der Waals surface area contributed by atoms with Gasteiger partial charge in [-0.1, -0.05) is 170 Å². The van der Waals surface area contributed by atoms with Gasteiger partial charge in [0.15, 0.2) is 5.82 Å². The van der Waals surface area contributed by atoms with E-state index in [0.29, 0.717) is 5.82 Å². The van der Waals surface area contributed by atoms with Crippen LogP contribution in [0.5, 0.6) is 0 Å². The van der Waals surface area contributed by atoms with Gasteiger partial charge in [0.05, 0.1) is 17.1 Å². The maximum absolute atomic E-state index is 5.30. The summed E-state index contributed by atoms with van der Waals surface area (Å²) in [5.74, 6) is 0.656. The van der Waals surface area contributed by atoms with Gasteiger partial charge in [0, 0.05) is 33.8 Å². The lowest BCUT2D eigenvalue weighted by Gasteiger charge is -2.14. The molecule has 272 valence electrons. The SMILES string of the molecule is c1ccc(-c2cc(-c3ccccc3)cc(-c3cccc(-c4cc(-c5cccc(-c6ccccc6)c5)nc(-c5cccc(-c6cc7ccccc7cn6)c5)n4)c3)c2)cc1. The number of aromatic nitrogens is 3. The van der Waals surface area contributed by atoms with Gasteiger partial charge in [-0.2, -0.15) is 0 Å². The first-order valence-corrected chi connectivity index (χ1v) is 19.6. The average molecular weight is 740 g/mol. The van der Waals surface area contributed by atoms with Crippen molar-refractivity contribution in [3.8, 4) is 89.7 Å². The molecule has 0 amide bonds. The number of rotatable bonds is 8. The molecule has 8 aromatic carbocycles. The fourth-order valence-corrected chi connectivity index (χ4v) is 7.67. The van der Waals surface area contributed by atoms with E-state index in [1.165, 1.54) is 22.3 Å². The summed E-state index contributed by atoms with van der Waals surface area (Å²) in [5, 5.41) is 2.27. The number of fused-ring (bicyclic) bond motifs is 1. The molecule has 0 saturated heterocycles. The third-order valence-electron chi connectivity index (χ3n) is 10.7. The van der Waals surface area contributed by atoms with Gasteiger partial charge in [-0.25, -0.2) is 9.97 Å². The molecular formula is C55H37N3. The summed E-state index contributed by atoms with van der Waals surface area (Å²) >= 11 is 0. The van der Waals surface area contributed by atoms with Crippen LogP contribution in [0.1, 0.15) is 0 Å². The van der Waals surface area contributed by atoms with E-state index < -0.39 is 0 Å². The molecule has 58 heavy (non-hydrogen) atoms. The second-order valence-corrected chi connectivity index (χ2v) is 14.5. The summed E-state index contributed by atoms with van der Waals surface area (Å²) < 4.78 is 0. The van der Waals surface area contributed by atoms with Gasteiger partial charge in [-0.15, -0.1) is 0 Å². The Labute approximate surface area is 338 Å². The zero-order valence-corrected chi connectivity index (χ0v) is 31.7. The molecule has 0 aliphatic heterocycles. The maximum Gasteiger partial charge on any atom is 0.160 e. The predicted molar refractivity (Wildman–Crippen MR) is 241 cm³/mol. The zero-order valence-electron chi connectivity index (χ0n) is 31.7. The Morgan fingerprint density at radius 2 is 0.586 bits per heavy atom. The monoisotopic (exact) mass is 739 g/mol. The molecule has 2 heterocycles. The second-order valence-electron chi connectivity index (χ2n) is 14.5. The molecule has 0 spiro atoms. The third-order valence-corrected chi connectivity index (χ3v) is 10.7. The van der Waals surface area contributed by atoms with Crippen LogP contribution in [-0.4, -0.2) is 15.0 Å². The smallest absolute Gasteiger partial charge is 0.160 e. The van der Waals surface area contributed by atoms with Crippen LogP contribution in [0, 0.1) is 0 Å². The van der Waals surface area contributed by atoms with E-state index in [-0.39, 0.29) is 0 Å². The fourth-order valence-electron chi connectivity index (χ4n) is 7.67. The van der Waals surface area contributed by atoms with Gasteiger partial charge < -0.3 is 0 Å². The molecule has 10 aromatic rings. The summed E-state index contributed by atoms with van der Waals surface area (Å²) in [6, 6.07) is 76.9. The average Bonchev–Trinajstić information content (AvgIpc) is 3.32. The molecule has 0 unspecified atom stereocenters. The van der Waals surface area contributed by atoms with E-state index >= 15 is 0 Å². The van der Waals surface area contributed by atoms with Crippen LogP contribution in [0.2, 0.25) is 0 Å². The van der Waals surface area contributed by atoms with Crippen LogP contribution in [0.3, 0.4) is 0 Å². The molecular weight excluding hydrogens is 703 g/mol. The summed E-state index contributed by atoms with van der Waals surface area (Å²) in [6.45, 7) is 0. The summed E-state index contributed by atoms with van der Waals surface area (Å²) in [7, 11) is 0. The van der Waals surface area contributed by atoms with Crippen molar-refractivity contribution < 1.29 is 0 Å². The Hall–Kier alpha value is -7.75. The van der Waals surface area contributed by atoms with E-state index in [1.54, 1.807) is 0 Å². The lowest BCUT2D eigenvalue weighted by atomic mass is 9.92. The third kappa shape index (κ3) is 7.21. The molecule has 3 nitrogen and oxygen atoms in total. The fraction of sp³-hybridized carbons (Fsp3) is 0. The van der Waals surface area contributed by atoms with Crippen molar-refractivity contribution >= 4 is 10.8 Å². The van der Waals surface area contributed by atoms with Crippen LogP contribution in [-0.2, 0) is 0 Å². The number of hydrogen-bond acceptors (Lipinski definition) is 3. The van der Waals surface area contributed by atoms with Crippen LogP contribution in [0.25, 0.3) is 100 Å². The van der Waals surface area contributed by atoms with Crippen molar-refractivity contribution in [1.82, 2.24) is 15.0 Å². The van der Waals surface area contributed by atoms with Crippen LogP contribution >= 0.6 is 0 Å². The van der Waals surface area contributed by atoms with Gasteiger partial charge in [0.1, 0.15) is 0 Å². The lowest BCUT2D eigenvalue weighted by molar-refractivity contribution is 1.18. The van der Waals surface area contributed by atoms with E-state index in [0.717, 1.165) is 72.4 Å². The van der Waals surface area contributed by atoms with Crippen molar-refractivity contribution in [2.75, 3.05) is 0 Å². The Kier molecular flexibility index (Phi) is 9.23. The first kappa shape index (κ1) is 34.7. The molecule has 0 aliphatic rings. The highest BCUT2D eigenvalue weighted by atomic mass is 14.9. The van der Waals surface area contributed by atoms with Gasteiger partial charge in [0.2, 0.25) is 0 Å². The first-order valence-electron chi connectivity index (χ1n) is 19.6. The summed E-state index contributed by atoms with van der Waals surface area (Å²) in [4.78, 5) is 15.4. The molecule has 0 radical (unpaired) electrons. The van der Waals surface area contributed by atoms with Crippen LogP contribution < -0.4 is 0 Å². The molecule has 0 atom stereocenters. The quantitative estimate of drug-likeness (QED) is 0.156. The Bertz CT molecular complexity index is 2990. The van der Waals surface area contributed by atoms with Crippen molar-refractivity contribution in [3.63, 3.8) is 0 Å². The topological polar surface area (TPSA) is 38.7 Å². The summed E-state index contributed by atoms with van der Waals surface area (Å²) in [6.07, 6.45) is 1.94. The van der Waals surface area contributed by atoms with Crippen molar-refractivity contribution in [2.45, 2.75) is 0 Å². The molecule has 0 N–H and O–H groups in total. The van der Waals surface area contributed by atoms with Gasteiger partial charge in [-0.05, 0) is 98.4 Å². The van der Waals surface area contributed by atoms with Crippen molar-refractivity contribution in [2.24, 2.45) is 0 Å². The van der Waals surface area contributed by atoms with Gasteiger partial charge in [0.25, 0.3) is 0 Å². The van der Waals surface area contributed by atoms with Crippen molar-refractivity contribution in [1.29, 1.82) is 0 Å². The highest BCUT2D eigenvalue weighted by molar-refractivity contribution is 5.86. The number of benzene rings is 8. The number of hydrogen-bond donors (Lipinski definition) is 0. The van der Waals surface area contributed by atoms with Gasteiger partial charge in [-0.3, -0.25) is 4.98 Å². The predicted octanol–water partition coefficient (Wildman–Crippen LogP) is 14.4. The van der Waals surface area contributed by atoms with E-state index in [2.05, 4.69) is 206 Å². The van der Waals surface area contributed by atoms with E-state index in [1.807, 2.05) is 18.3 Å². The minimum atomic E-state index is 0.656. The highest BCUT2D eigenvalue weighted by Gasteiger charge is 2.15. The number of pyridine rings is 1. The molecule has 0 saturated carbocycles. The van der Waals surface area contributed by atoms with E-state index in [4.69, 9.17) is 15.0 Å². The van der Waals surface area contributed by atoms with Gasteiger partial charge >= 0.3 is 0 Å². The Balaban J connectivity index is 1.11. The minimum Gasteiger partial charge on any atom is -0.256 e. The Morgan fingerprint density at radius 1 is 0.224 bits per heavy atom. The molecule has 2 aromatic heterocycles. The largest absolute Gasteiger partial charge is 0.256 e. The Morgan fingerprint density at radius 3 is 1.14 bits per heavy atom. The summed E-state index contributed by atoms with van der Waals surface area (Å²) in [5.41, 5.74) is 15.9. The number of nitrogens with zero attached hydrogens (tertiary/aromatic N) is 3. The zero-order chi connectivity index (χ0) is 38.7. The first-order chi connectivity index (χ1) is 28.7. The van der Waals surface area contributed by atoms with E-state index in [9.17, 15) is 0 Å². The normalized spacial score (nSPS) is 11.1. The molecule has 0 fully saturated rings. The minimum absolute atomic E-state index is 0.656. The molecule has 10 rings (SSSR count). The molecule has 3 heteroatoms. The molecule has 0 bridgehead atoms. The van der Waals surface area contributed by atoms with Crippen LogP contribution in [0.4, 0.5) is 0 Å². The molecule has 0 aliphatic carbocycles. The highest BCUT2D eigenvalue weighted by Crippen LogP contribution is 2.36. The maximum atomic E-state index is 5.30. The van der Waals surface area contributed by atoms with Crippen molar-refractivity contribution in [3.05, 3.63) is 225 Å².